The van der Waals surface area contributed by atoms with E-state index in [0.29, 0.717) is 18.9 Å². The maximum absolute atomic E-state index is 12.9. The highest BCUT2D eigenvalue weighted by atomic mass is 16.6. The predicted molar refractivity (Wildman–Crippen MR) is 158 cm³/mol. The Morgan fingerprint density at radius 3 is 2.49 bits per heavy atom. The van der Waals surface area contributed by atoms with Gasteiger partial charge in [0, 0.05) is 31.4 Å². The van der Waals surface area contributed by atoms with Crippen LogP contribution >= 0.6 is 0 Å². The Labute approximate surface area is 231 Å². The minimum atomic E-state index is -0.509. The van der Waals surface area contributed by atoms with Crippen molar-refractivity contribution in [2.45, 2.75) is 84.9 Å². The minimum Gasteiger partial charge on any atom is -0.444 e. The molecule has 7 heteroatoms. The van der Waals surface area contributed by atoms with Crippen LogP contribution in [0.2, 0.25) is 0 Å². The van der Waals surface area contributed by atoms with Gasteiger partial charge in [-0.1, -0.05) is 68.7 Å². The monoisotopic (exact) mass is 527 g/mol. The van der Waals surface area contributed by atoms with Gasteiger partial charge in [0.2, 0.25) is 0 Å². The van der Waals surface area contributed by atoms with Crippen LogP contribution in [0.3, 0.4) is 0 Å². The van der Waals surface area contributed by atoms with Crippen molar-refractivity contribution >= 4 is 33.8 Å². The summed E-state index contributed by atoms with van der Waals surface area (Å²) in [5, 5.41) is 1.07. The Bertz CT molecular complexity index is 1450. The number of hydrogen-bond donors (Lipinski definition) is 1. The summed E-state index contributed by atoms with van der Waals surface area (Å²) in [5.41, 5.74) is 10.8. The van der Waals surface area contributed by atoms with Gasteiger partial charge in [-0.2, -0.15) is 0 Å². The fraction of sp³-hybridized carbons (Fsp3) is 0.469. The molecule has 0 spiro atoms. The van der Waals surface area contributed by atoms with Crippen LogP contribution in [0, 0.1) is 5.92 Å². The number of amides is 1. The van der Waals surface area contributed by atoms with Gasteiger partial charge in [-0.25, -0.2) is 14.8 Å². The summed E-state index contributed by atoms with van der Waals surface area (Å²) in [6, 6.07) is 16.7. The summed E-state index contributed by atoms with van der Waals surface area (Å²) < 4.78 is 8.02. The lowest BCUT2D eigenvalue weighted by atomic mass is 10.1. The van der Waals surface area contributed by atoms with Crippen LogP contribution in [-0.2, 0) is 24.2 Å². The molecule has 1 saturated carbocycles. The molecule has 5 rings (SSSR count). The molecule has 39 heavy (non-hydrogen) atoms. The molecule has 0 saturated heterocycles. The van der Waals surface area contributed by atoms with Crippen molar-refractivity contribution in [1.29, 1.82) is 0 Å². The number of imidazole rings is 1. The average Bonchev–Trinajstić information content (AvgIpc) is 3.65. The lowest BCUT2D eigenvalue weighted by Crippen LogP contribution is -2.37. The van der Waals surface area contributed by atoms with Gasteiger partial charge in [-0.15, -0.1) is 0 Å². The number of nitrogen functional groups attached to an aromatic ring is 1. The molecule has 2 aromatic carbocycles. The number of nitrogens with two attached hydrogens (primary N) is 1. The van der Waals surface area contributed by atoms with E-state index < -0.39 is 5.60 Å². The maximum Gasteiger partial charge on any atom is 0.410 e. The zero-order valence-electron chi connectivity index (χ0n) is 23.7. The van der Waals surface area contributed by atoms with Crippen molar-refractivity contribution in [3.05, 3.63) is 65.5 Å². The summed E-state index contributed by atoms with van der Waals surface area (Å²) in [7, 11) is 0. The van der Waals surface area contributed by atoms with Crippen LogP contribution in [0.25, 0.3) is 21.9 Å². The van der Waals surface area contributed by atoms with Gasteiger partial charge in [0.05, 0.1) is 11.0 Å². The third-order valence-corrected chi connectivity index (χ3v) is 7.34. The van der Waals surface area contributed by atoms with E-state index in [-0.39, 0.29) is 6.09 Å². The summed E-state index contributed by atoms with van der Waals surface area (Å²) in [6.07, 6.45) is 6.40. The van der Waals surface area contributed by atoms with Crippen molar-refractivity contribution < 1.29 is 9.53 Å². The Morgan fingerprint density at radius 2 is 1.79 bits per heavy atom. The smallest absolute Gasteiger partial charge is 0.410 e. The second-order valence-electron chi connectivity index (χ2n) is 11.9. The molecule has 206 valence electrons. The number of rotatable bonds is 10. The van der Waals surface area contributed by atoms with E-state index in [1.807, 2.05) is 43.9 Å². The molecule has 0 unspecified atom stereocenters. The number of pyridine rings is 1. The molecule has 1 aliphatic rings. The summed E-state index contributed by atoms with van der Waals surface area (Å²) >= 11 is 0. The van der Waals surface area contributed by atoms with Gasteiger partial charge < -0.3 is 19.9 Å². The van der Waals surface area contributed by atoms with Crippen LogP contribution in [0.4, 0.5) is 10.6 Å². The number of benzene rings is 2. The van der Waals surface area contributed by atoms with E-state index in [0.717, 1.165) is 71.5 Å². The summed E-state index contributed by atoms with van der Waals surface area (Å²) in [6.45, 7) is 9.92. The van der Waals surface area contributed by atoms with E-state index >= 15 is 0 Å². The van der Waals surface area contributed by atoms with Gasteiger partial charge in [-0.3, -0.25) is 0 Å². The topological polar surface area (TPSA) is 86.3 Å². The number of hydrogen-bond acceptors (Lipinski definition) is 5. The number of para-hydroxylation sites is 1. The van der Waals surface area contributed by atoms with Gasteiger partial charge >= 0.3 is 6.09 Å². The molecule has 4 aromatic rings. The first kappa shape index (κ1) is 27.0. The molecule has 7 nitrogen and oxygen atoms in total. The largest absolute Gasteiger partial charge is 0.444 e. The van der Waals surface area contributed by atoms with Crippen molar-refractivity contribution in [1.82, 2.24) is 19.4 Å². The number of aryl methyl sites for hydroxylation is 1. The first-order valence-electron chi connectivity index (χ1n) is 14.3. The van der Waals surface area contributed by atoms with Crippen LogP contribution < -0.4 is 5.73 Å². The number of carbonyl (C=O) groups is 1. The van der Waals surface area contributed by atoms with E-state index in [1.165, 1.54) is 18.4 Å². The quantitative estimate of drug-likeness (QED) is 0.238. The molecule has 0 bridgehead atoms. The predicted octanol–water partition coefficient (Wildman–Crippen LogP) is 7.09. The molecule has 2 aromatic heterocycles. The number of carbonyl (C=O) groups excluding carboxylic acids is 1. The Balaban J connectivity index is 1.40. The van der Waals surface area contributed by atoms with E-state index in [4.69, 9.17) is 15.5 Å². The van der Waals surface area contributed by atoms with E-state index in [9.17, 15) is 4.79 Å². The Kier molecular flexibility index (Phi) is 7.78. The van der Waals surface area contributed by atoms with Crippen molar-refractivity contribution in [2.24, 2.45) is 5.92 Å². The minimum absolute atomic E-state index is 0.240. The highest BCUT2D eigenvalue weighted by molar-refractivity contribution is 6.06. The van der Waals surface area contributed by atoms with Crippen molar-refractivity contribution in [2.75, 3.05) is 12.3 Å². The Morgan fingerprint density at radius 1 is 1.08 bits per heavy atom. The normalized spacial score (nSPS) is 13.7. The molecule has 0 aliphatic heterocycles. The van der Waals surface area contributed by atoms with E-state index in [1.54, 1.807) is 0 Å². The molecule has 1 aliphatic carbocycles. The molecule has 0 atom stereocenters. The molecular formula is C32H41N5O2. The van der Waals surface area contributed by atoms with E-state index in [2.05, 4.69) is 46.8 Å². The highest BCUT2D eigenvalue weighted by Gasteiger charge is 2.26. The molecule has 1 fully saturated rings. The van der Waals surface area contributed by atoms with Crippen molar-refractivity contribution in [3.63, 3.8) is 0 Å². The Hall–Kier alpha value is -3.61. The van der Waals surface area contributed by atoms with Gasteiger partial charge in [0.1, 0.15) is 16.9 Å². The van der Waals surface area contributed by atoms with Crippen LogP contribution in [0.15, 0.2) is 48.5 Å². The van der Waals surface area contributed by atoms with Gasteiger partial charge in [0.15, 0.2) is 5.82 Å². The number of aromatic nitrogens is 3. The molecule has 0 radical (unpaired) electrons. The fourth-order valence-corrected chi connectivity index (χ4v) is 5.06. The summed E-state index contributed by atoms with van der Waals surface area (Å²) in [4.78, 5) is 24.4. The van der Waals surface area contributed by atoms with Crippen LogP contribution in [-0.4, -0.2) is 37.7 Å². The average molecular weight is 528 g/mol. The molecule has 1 amide bonds. The zero-order valence-corrected chi connectivity index (χ0v) is 23.7. The summed E-state index contributed by atoms with van der Waals surface area (Å²) in [5.74, 6) is 2.27. The van der Waals surface area contributed by atoms with Crippen LogP contribution in [0.5, 0.6) is 0 Å². The number of unbranched alkanes of at least 4 members (excludes halogenated alkanes) is 1. The SMILES string of the molecule is CCCCc1nc2c(N)nc3ccccc3c2n1Cc1ccc(CN(CCC2CC2)C(=O)OC(C)(C)C)cc1. The maximum atomic E-state index is 12.9. The lowest BCUT2D eigenvalue weighted by Gasteiger charge is -2.27. The number of anilines is 1. The third kappa shape index (κ3) is 6.52. The third-order valence-electron chi connectivity index (χ3n) is 7.34. The highest BCUT2D eigenvalue weighted by Crippen LogP contribution is 2.33. The first-order valence-corrected chi connectivity index (χ1v) is 14.3. The second kappa shape index (κ2) is 11.2. The van der Waals surface area contributed by atoms with Gasteiger partial charge in [-0.05, 0) is 56.7 Å². The first-order chi connectivity index (χ1) is 18.7. The second-order valence-corrected chi connectivity index (χ2v) is 11.9. The zero-order chi connectivity index (χ0) is 27.6. The fourth-order valence-electron chi connectivity index (χ4n) is 5.06. The van der Waals surface area contributed by atoms with Crippen LogP contribution in [0.1, 0.15) is 76.8 Å². The lowest BCUT2D eigenvalue weighted by molar-refractivity contribution is 0.0229. The molecule has 2 heterocycles. The number of fused-ring (bicyclic) bond motifs is 3. The number of ether oxygens (including phenoxy) is 1. The number of nitrogens with zero attached hydrogens (tertiary/aromatic N) is 4. The standard InChI is InChI=1S/C32H41N5O2/c1-5-6-11-27-35-28-29(25-9-7-8-10-26(25)34-30(28)33)37(27)21-24-16-14-23(15-17-24)20-36(19-18-22-12-13-22)31(38)39-32(2,3)4/h7-10,14-17,22H,5-6,11-13,18-21H2,1-4H3,(H2,33,34). The van der Waals surface area contributed by atoms with Gasteiger partial charge in [0.25, 0.3) is 0 Å². The van der Waals surface area contributed by atoms with Crippen molar-refractivity contribution in [3.8, 4) is 0 Å². The molecular weight excluding hydrogens is 486 g/mol. The molecule has 2 N–H and O–H groups in total.